The summed E-state index contributed by atoms with van der Waals surface area (Å²) in [7, 11) is 0. The zero-order valence-corrected chi connectivity index (χ0v) is 15.4. The van der Waals surface area contributed by atoms with E-state index in [0.717, 1.165) is 19.3 Å². The summed E-state index contributed by atoms with van der Waals surface area (Å²) in [4.78, 5) is 0. The normalized spacial score (nSPS) is 11.9. The molecule has 1 radical (unpaired) electrons. The van der Waals surface area contributed by atoms with Crippen molar-refractivity contribution >= 4 is 21.5 Å². The van der Waals surface area contributed by atoms with E-state index in [4.69, 9.17) is 0 Å². The van der Waals surface area contributed by atoms with Gasteiger partial charge >= 0.3 is 0 Å². The van der Waals surface area contributed by atoms with Crippen molar-refractivity contribution < 1.29 is 0 Å². The van der Waals surface area contributed by atoms with E-state index >= 15 is 0 Å². The monoisotopic (exact) mass is 337 g/mol. The molecule has 0 atom stereocenters. The molecule has 0 heterocycles. The standard InChI is InChI=1S/C26H25/c1-3-17-26(4-2,24-15-13-20-9-5-7-11-22(20)18-24)25-16-14-21-10-6-8-12-23(21)19-25/h5-16,18-19H,2-4,17H2,1H3. The quantitative estimate of drug-likeness (QED) is 0.358. The smallest absolute Gasteiger partial charge is 0.0203 e. The molecule has 0 fully saturated rings. The van der Waals surface area contributed by atoms with Gasteiger partial charge < -0.3 is 0 Å². The third kappa shape index (κ3) is 2.80. The van der Waals surface area contributed by atoms with Gasteiger partial charge in [0.15, 0.2) is 0 Å². The van der Waals surface area contributed by atoms with Crippen LogP contribution in [0.2, 0.25) is 0 Å². The second kappa shape index (κ2) is 6.96. The highest BCUT2D eigenvalue weighted by molar-refractivity contribution is 5.85. The molecule has 0 aliphatic carbocycles. The summed E-state index contributed by atoms with van der Waals surface area (Å²) in [5.74, 6) is 0. The number of hydrogen-bond acceptors (Lipinski definition) is 0. The summed E-state index contributed by atoms with van der Waals surface area (Å²) in [5.41, 5.74) is 2.72. The van der Waals surface area contributed by atoms with Crippen LogP contribution < -0.4 is 0 Å². The van der Waals surface area contributed by atoms with Gasteiger partial charge in [-0.3, -0.25) is 0 Å². The first-order chi connectivity index (χ1) is 12.8. The Labute approximate surface area is 156 Å². The van der Waals surface area contributed by atoms with Gasteiger partial charge in [-0.05, 0) is 45.5 Å². The SMILES string of the molecule is [CH2]CC(CCC)(c1ccc2ccccc2c1)c1ccc2ccccc2c1. The van der Waals surface area contributed by atoms with E-state index in [1.807, 2.05) is 0 Å². The number of fused-ring (bicyclic) bond motifs is 2. The summed E-state index contributed by atoms with van der Waals surface area (Å²) in [6, 6.07) is 31.1. The molecular formula is C26H25. The highest BCUT2D eigenvalue weighted by atomic mass is 14.3. The molecule has 129 valence electrons. The summed E-state index contributed by atoms with van der Waals surface area (Å²) in [6.45, 7) is 6.66. The molecule has 0 amide bonds. The molecule has 4 rings (SSSR count). The molecule has 0 saturated heterocycles. The van der Waals surface area contributed by atoms with Gasteiger partial charge in [0.1, 0.15) is 0 Å². The highest BCUT2D eigenvalue weighted by Gasteiger charge is 2.32. The lowest BCUT2D eigenvalue weighted by Crippen LogP contribution is -2.27. The molecule has 0 N–H and O–H groups in total. The van der Waals surface area contributed by atoms with E-state index in [1.54, 1.807) is 0 Å². The molecule has 0 aromatic heterocycles. The maximum atomic E-state index is 4.39. The van der Waals surface area contributed by atoms with E-state index in [1.165, 1.54) is 32.7 Å². The Morgan fingerprint density at radius 3 is 1.54 bits per heavy atom. The van der Waals surface area contributed by atoms with Crippen LogP contribution >= 0.6 is 0 Å². The predicted molar refractivity (Wildman–Crippen MR) is 114 cm³/mol. The highest BCUT2D eigenvalue weighted by Crippen LogP contribution is 2.41. The molecule has 0 bridgehead atoms. The van der Waals surface area contributed by atoms with Gasteiger partial charge in [-0.15, -0.1) is 0 Å². The fourth-order valence-electron chi connectivity index (χ4n) is 4.27. The molecule has 0 spiro atoms. The Hall–Kier alpha value is -2.60. The first kappa shape index (κ1) is 16.8. The van der Waals surface area contributed by atoms with Crippen LogP contribution in [-0.2, 0) is 5.41 Å². The van der Waals surface area contributed by atoms with Crippen LogP contribution in [0.5, 0.6) is 0 Å². The molecule has 0 aliphatic rings. The van der Waals surface area contributed by atoms with E-state index in [-0.39, 0.29) is 5.41 Å². The predicted octanol–water partition coefficient (Wildman–Crippen LogP) is 7.30. The first-order valence-electron chi connectivity index (χ1n) is 9.54. The summed E-state index contributed by atoms with van der Waals surface area (Å²) in [5, 5.41) is 5.20. The van der Waals surface area contributed by atoms with Gasteiger partial charge in [0.2, 0.25) is 0 Å². The van der Waals surface area contributed by atoms with Crippen molar-refractivity contribution in [2.45, 2.75) is 31.6 Å². The maximum absolute atomic E-state index is 4.39. The van der Waals surface area contributed by atoms with Gasteiger partial charge in [-0.2, -0.15) is 0 Å². The second-order valence-electron chi connectivity index (χ2n) is 7.21. The van der Waals surface area contributed by atoms with Crippen LogP contribution in [0, 0.1) is 6.92 Å². The average molecular weight is 337 g/mol. The van der Waals surface area contributed by atoms with Crippen molar-refractivity contribution in [1.29, 1.82) is 0 Å². The number of hydrogen-bond donors (Lipinski definition) is 0. The molecule has 4 aromatic carbocycles. The van der Waals surface area contributed by atoms with Crippen molar-refractivity contribution in [2.75, 3.05) is 0 Å². The first-order valence-corrected chi connectivity index (χ1v) is 9.54. The van der Waals surface area contributed by atoms with Crippen LogP contribution in [0.25, 0.3) is 21.5 Å². The van der Waals surface area contributed by atoms with Crippen LogP contribution in [-0.4, -0.2) is 0 Å². The minimum Gasteiger partial charge on any atom is -0.0653 e. The summed E-state index contributed by atoms with van der Waals surface area (Å²) in [6.07, 6.45) is 3.10. The Bertz CT molecular complexity index is 962. The third-order valence-corrected chi connectivity index (χ3v) is 5.71. The third-order valence-electron chi connectivity index (χ3n) is 5.71. The lowest BCUT2D eigenvalue weighted by Gasteiger charge is -2.34. The minimum absolute atomic E-state index is 0.0389. The molecule has 0 unspecified atom stereocenters. The molecule has 0 heteroatoms. The van der Waals surface area contributed by atoms with Gasteiger partial charge in [-0.25, -0.2) is 0 Å². The summed E-state index contributed by atoms with van der Waals surface area (Å²) < 4.78 is 0. The van der Waals surface area contributed by atoms with E-state index in [2.05, 4.69) is 98.8 Å². The molecule has 0 saturated carbocycles. The largest absolute Gasteiger partial charge is 0.0653 e. The lowest BCUT2D eigenvalue weighted by molar-refractivity contribution is 0.470. The Morgan fingerprint density at radius 1 is 0.654 bits per heavy atom. The van der Waals surface area contributed by atoms with Crippen molar-refractivity contribution in [3.8, 4) is 0 Å². The molecule has 0 nitrogen and oxygen atoms in total. The van der Waals surface area contributed by atoms with Gasteiger partial charge in [0, 0.05) is 5.41 Å². The number of benzene rings is 4. The van der Waals surface area contributed by atoms with Crippen LogP contribution in [0.3, 0.4) is 0 Å². The minimum atomic E-state index is -0.0389. The van der Waals surface area contributed by atoms with E-state index in [9.17, 15) is 0 Å². The van der Waals surface area contributed by atoms with Gasteiger partial charge in [0.25, 0.3) is 0 Å². The van der Waals surface area contributed by atoms with Crippen molar-refractivity contribution in [1.82, 2.24) is 0 Å². The maximum Gasteiger partial charge on any atom is 0.0203 e. The van der Waals surface area contributed by atoms with Gasteiger partial charge in [-0.1, -0.05) is 105 Å². The molecule has 26 heavy (non-hydrogen) atoms. The fourth-order valence-corrected chi connectivity index (χ4v) is 4.27. The molecular weight excluding hydrogens is 312 g/mol. The molecule has 0 aliphatic heterocycles. The average Bonchev–Trinajstić information content (AvgIpc) is 2.71. The van der Waals surface area contributed by atoms with Gasteiger partial charge in [0.05, 0.1) is 0 Å². The van der Waals surface area contributed by atoms with Crippen molar-refractivity contribution in [2.24, 2.45) is 0 Å². The lowest BCUT2D eigenvalue weighted by atomic mass is 9.69. The zero-order chi connectivity index (χ0) is 18.0. The van der Waals surface area contributed by atoms with Crippen LogP contribution in [0.15, 0.2) is 84.9 Å². The summed E-state index contributed by atoms with van der Waals surface area (Å²) >= 11 is 0. The topological polar surface area (TPSA) is 0 Å². The fraction of sp³-hybridized carbons (Fsp3) is 0.192. The van der Waals surface area contributed by atoms with E-state index < -0.39 is 0 Å². The molecule has 4 aromatic rings. The van der Waals surface area contributed by atoms with Crippen molar-refractivity contribution in [3.63, 3.8) is 0 Å². The second-order valence-corrected chi connectivity index (χ2v) is 7.21. The van der Waals surface area contributed by atoms with E-state index in [0.29, 0.717) is 0 Å². The Balaban J connectivity index is 1.93. The van der Waals surface area contributed by atoms with Crippen LogP contribution in [0.1, 0.15) is 37.3 Å². The van der Waals surface area contributed by atoms with Crippen molar-refractivity contribution in [3.05, 3.63) is 103 Å². The number of rotatable bonds is 5. The zero-order valence-electron chi connectivity index (χ0n) is 15.4. The Morgan fingerprint density at radius 2 is 1.12 bits per heavy atom. The van der Waals surface area contributed by atoms with Crippen LogP contribution in [0.4, 0.5) is 0 Å². The Kier molecular flexibility index (Phi) is 4.51.